The van der Waals surface area contributed by atoms with Crippen molar-refractivity contribution in [2.24, 2.45) is 0 Å². The van der Waals surface area contributed by atoms with Crippen molar-refractivity contribution in [3.8, 4) is 0 Å². The van der Waals surface area contributed by atoms with Gasteiger partial charge in [0.2, 0.25) is 0 Å². The molecule has 84 valence electrons. The van der Waals surface area contributed by atoms with Gasteiger partial charge in [-0.15, -0.1) is 11.3 Å². The Labute approximate surface area is 93.9 Å². The van der Waals surface area contributed by atoms with Crippen LogP contribution in [0.3, 0.4) is 0 Å². The lowest BCUT2D eigenvalue weighted by atomic mass is 10.2. The predicted molar refractivity (Wildman–Crippen MR) is 61.1 cm³/mol. The van der Waals surface area contributed by atoms with Crippen LogP contribution in [0.5, 0.6) is 0 Å². The number of hydrogen-bond acceptors (Lipinski definition) is 5. The van der Waals surface area contributed by atoms with Gasteiger partial charge in [-0.3, -0.25) is 4.90 Å². The number of thiazole rings is 1. The summed E-state index contributed by atoms with van der Waals surface area (Å²) in [7, 11) is 0. The lowest BCUT2D eigenvalue weighted by molar-refractivity contribution is 0.108. The molecule has 1 fully saturated rings. The third kappa shape index (κ3) is 2.55. The van der Waals surface area contributed by atoms with Gasteiger partial charge in [0.15, 0.2) is 0 Å². The molecule has 2 N–H and O–H groups in total. The Bertz CT molecular complexity index is 309. The summed E-state index contributed by atoms with van der Waals surface area (Å²) in [5.41, 5.74) is 1.02. The number of aromatic nitrogens is 1. The van der Waals surface area contributed by atoms with Crippen LogP contribution < -0.4 is 5.32 Å². The molecule has 2 rings (SSSR count). The molecule has 4 nitrogen and oxygen atoms in total. The van der Waals surface area contributed by atoms with Gasteiger partial charge in [-0.05, 0) is 6.92 Å². The van der Waals surface area contributed by atoms with E-state index in [1.807, 2.05) is 6.92 Å². The monoisotopic (exact) mass is 227 g/mol. The van der Waals surface area contributed by atoms with Crippen LogP contribution in [0.2, 0.25) is 0 Å². The molecular formula is C10H17N3OS. The fourth-order valence-corrected chi connectivity index (χ4v) is 2.58. The fourth-order valence-electron chi connectivity index (χ4n) is 1.92. The lowest BCUT2D eigenvalue weighted by Crippen LogP contribution is -2.46. The van der Waals surface area contributed by atoms with Crippen LogP contribution in [0.1, 0.15) is 16.7 Å². The molecule has 0 bridgehead atoms. The molecule has 0 radical (unpaired) electrons. The quantitative estimate of drug-likeness (QED) is 0.784. The number of hydrogen-bond donors (Lipinski definition) is 2. The number of nitrogens with zero attached hydrogens (tertiary/aromatic N) is 2. The summed E-state index contributed by atoms with van der Waals surface area (Å²) in [5, 5.41) is 15.9. The van der Waals surface area contributed by atoms with Crippen molar-refractivity contribution in [1.82, 2.24) is 15.2 Å². The summed E-state index contributed by atoms with van der Waals surface area (Å²) in [5.74, 6) is 0. The van der Waals surface area contributed by atoms with E-state index >= 15 is 0 Å². The van der Waals surface area contributed by atoms with Crippen LogP contribution >= 0.6 is 11.3 Å². The molecule has 1 aliphatic rings. The highest BCUT2D eigenvalue weighted by Crippen LogP contribution is 2.22. The SMILES string of the molecule is Cc1nc(C(CO)N2CCNCC2)cs1. The first-order valence-corrected chi connectivity index (χ1v) is 6.17. The first-order valence-electron chi connectivity index (χ1n) is 5.29. The zero-order valence-corrected chi connectivity index (χ0v) is 9.76. The second kappa shape index (κ2) is 5.03. The van der Waals surface area contributed by atoms with Crippen molar-refractivity contribution in [3.05, 3.63) is 16.1 Å². The first-order chi connectivity index (χ1) is 7.31. The van der Waals surface area contributed by atoms with Gasteiger partial charge in [-0.2, -0.15) is 0 Å². The molecule has 2 heterocycles. The number of piperazine rings is 1. The molecule has 0 amide bonds. The Morgan fingerprint density at radius 2 is 2.33 bits per heavy atom. The Morgan fingerprint density at radius 3 is 2.87 bits per heavy atom. The summed E-state index contributed by atoms with van der Waals surface area (Å²) < 4.78 is 0. The van der Waals surface area contributed by atoms with Gasteiger partial charge in [-0.1, -0.05) is 0 Å². The van der Waals surface area contributed by atoms with E-state index in [2.05, 4.69) is 20.6 Å². The highest BCUT2D eigenvalue weighted by atomic mass is 32.1. The zero-order valence-electron chi connectivity index (χ0n) is 8.94. The van der Waals surface area contributed by atoms with Crippen molar-refractivity contribution in [2.75, 3.05) is 32.8 Å². The van der Waals surface area contributed by atoms with Crippen LogP contribution in [-0.4, -0.2) is 47.8 Å². The van der Waals surface area contributed by atoms with Crippen molar-refractivity contribution < 1.29 is 5.11 Å². The largest absolute Gasteiger partial charge is 0.394 e. The average Bonchev–Trinajstić information content (AvgIpc) is 2.68. The number of aryl methyl sites for hydroxylation is 1. The van der Waals surface area contributed by atoms with Crippen molar-refractivity contribution in [3.63, 3.8) is 0 Å². The summed E-state index contributed by atoms with van der Waals surface area (Å²) in [6.45, 7) is 6.13. The second-order valence-electron chi connectivity index (χ2n) is 3.78. The minimum Gasteiger partial charge on any atom is -0.394 e. The van der Waals surface area contributed by atoms with Crippen molar-refractivity contribution in [2.45, 2.75) is 13.0 Å². The molecule has 0 saturated carbocycles. The summed E-state index contributed by atoms with van der Waals surface area (Å²) in [6, 6.07) is 0.0806. The molecule has 15 heavy (non-hydrogen) atoms. The smallest absolute Gasteiger partial charge is 0.0898 e. The normalized spacial score (nSPS) is 20.4. The van der Waals surface area contributed by atoms with Gasteiger partial charge in [0.25, 0.3) is 0 Å². The number of rotatable bonds is 3. The third-order valence-electron chi connectivity index (χ3n) is 2.74. The molecule has 0 aliphatic carbocycles. The molecule has 1 aromatic rings. The first kappa shape index (κ1) is 11.0. The maximum atomic E-state index is 9.44. The molecule has 1 atom stereocenters. The van der Waals surface area contributed by atoms with E-state index in [0.717, 1.165) is 36.9 Å². The molecule has 1 aromatic heterocycles. The van der Waals surface area contributed by atoms with Crippen LogP contribution in [0, 0.1) is 6.92 Å². The maximum absolute atomic E-state index is 9.44. The summed E-state index contributed by atoms with van der Waals surface area (Å²) in [6.07, 6.45) is 0. The van der Waals surface area contributed by atoms with Crippen molar-refractivity contribution in [1.29, 1.82) is 0 Å². The maximum Gasteiger partial charge on any atom is 0.0898 e. The highest BCUT2D eigenvalue weighted by molar-refractivity contribution is 7.09. The van der Waals surface area contributed by atoms with E-state index in [1.54, 1.807) is 11.3 Å². The van der Waals surface area contributed by atoms with E-state index in [9.17, 15) is 5.11 Å². The van der Waals surface area contributed by atoms with Crippen molar-refractivity contribution >= 4 is 11.3 Å². The van der Waals surface area contributed by atoms with Crippen LogP contribution in [0.25, 0.3) is 0 Å². The third-order valence-corrected chi connectivity index (χ3v) is 3.54. The fraction of sp³-hybridized carbons (Fsp3) is 0.700. The highest BCUT2D eigenvalue weighted by Gasteiger charge is 2.22. The van der Waals surface area contributed by atoms with E-state index in [-0.39, 0.29) is 12.6 Å². The number of aliphatic hydroxyl groups excluding tert-OH is 1. The number of nitrogens with one attached hydrogen (secondary N) is 1. The molecular weight excluding hydrogens is 210 g/mol. The standard InChI is InChI=1S/C10H17N3OS/c1-8-12-9(7-15-8)10(6-14)13-4-2-11-3-5-13/h7,10-11,14H,2-6H2,1H3. The Balaban J connectivity index is 2.08. The van der Waals surface area contributed by atoms with E-state index in [4.69, 9.17) is 0 Å². The molecule has 0 aromatic carbocycles. The minimum atomic E-state index is 0.0806. The Morgan fingerprint density at radius 1 is 1.60 bits per heavy atom. The van der Waals surface area contributed by atoms with Gasteiger partial charge in [-0.25, -0.2) is 4.98 Å². The average molecular weight is 227 g/mol. The van der Waals surface area contributed by atoms with Crippen LogP contribution in [-0.2, 0) is 0 Å². The van der Waals surface area contributed by atoms with Gasteiger partial charge in [0.05, 0.1) is 23.4 Å². The molecule has 1 saturated heterocycles. The van der Waals surface area contributed by atoms with E-state index < -0.39 is 0 Å². The van der Waals surface area contributed by atoms with Gasteiger partial charge >= 0.3 is 0 Å². The Hall–Kier alpha value is -0.490. The summed E-state index contributed by atoms with van der Waals surface area (Å²) in [4.78, 5) is 6.75. The predicted octanol–water partition coefficient (Wildman–Crippen LogP) is 0.390. The lowest BCUT2D eigenvalue weighted by Gasteiger charge is -2.32. The van der Waals surface area contributed by atoms with E-state index in [1.165, 1.54) is 0 Å². The van der Waals surface area contributed by atoms with Crippen LogP contribution in [0.15, 0.2) is 5.38 Å². The van der Waals surface area contributed by atoms with E-state index in [0.29, 0.717) is 0 Å². The second-order valence-corrected chi connectivity index (χ2v) is 4.84. The molecule has 5 heteroatoms. The van der Waals surface area contributed by atoms with Gasteiger partial charge < -0.3 is 10.4 Å². The molecule has 1 unspecified atom stereocenters. The topological polar surface area (TPSA) is 48.4 Å². The molecule has 1 aliphatic heterocycles. The zero-order chi connectivity index (χ0) is 10.7. The number of aliphatic hydroxyl groups is 1. The van der Waals surface area contributed by atoms with Crippen LogP contribution in [0.4, 0.5) is 0 Å². The van der Waals surface area contributed by atoms with Gasteiger partial charge in [0.1, 0.15) is 0 Å². The molecule has 0 spiro atoms. The summed E-state index contributed by atoms with van der Waals surface area (Å²) >= 11 is 1.65. The minimum absolute atomic E-state index is 0.0806. The Kier molecular flexibility index (Phi) is 3.69. The van der Waals surface area contributed by atoms with Gasteiger partial charge in [0, 0.05) is 31.6 Å².